The van der Waals surface area contributed by atoms with Gasteiger partial charge in [-0.2, -0.15) is 0 Å². The zero-order valence-electron chi connectivity index (χ0n) is 15.7. The van der Waals surface area contributed by atoms with E-state index in [4.69, 9.17) is 11.6 Å². The van der Waals surface area contributed by atoms with Crippen LogP contribution in [0.2, 0.25) is 5.02 Å². The predicted molar refractivity (Wildman–Crippen MR) is 106 cm³/mol. The van der Waals surface area contributed by atoms with Crippen LogP contribution in [0.1, 0.15) is 53.7 Å². The Bertz CT molecular complexity index is 854. The highest BCUT2D eigenvalue weighted by molar-refractivity contribution is 6.35. The number of carbonyl (C=O) groups excluding carboxylic acids is 2. The number of hydrogen-bond donors (Lipinski definition) is 2. The maximum absolute atomic E-state index is 15.3. The third-order valence-electron chi connectivity index (χ3n) is 5.04. The summed E-state index contributed by atoms with van der Waals surface area (Å²) in [5.74, 6) is -1.46. The summed E-state index contributed by atoms with van der Waals surface area (Å²) in [6, 6.07) is 5.67. The van der Waals surface area contributed by atoms with Gasteiger partial charge in [0.15, 0.2) is 5.78 Å². The highest BCUT2D eigenvalue weighted by Crippen LogP contribution is 2.30. The number of piperidine rings is 1. The third kappa shape index (κ3) is 4.39. The third-order valence-corrected chi connectivity index (χ3v) is 5.35. The molecule has 148 valence electrons. The van der Waals surface area contributed by atoms with Gasteiger partial charge in [0.05, 0.1) is 22.5 Å². The molecule has 1 aliphatic rings. The summed E-state index contributed by atoms with van der Waals surface area (Å²) in [5.41, 5.74) is 0.321. The second-order valence-corrected chi connectivity index (χ2v) is 7.32. The zero-order valence-corrected chi connectivity index (χ0v) is 16.4. The zero-order chi connectivity index (χ0) is 20.1. The second-order valence-electron chi connectivity index (χ2n) is 6.91. The number of nitrogens with zero attached hydrogens (tertiary/aromatic N) is 1. The lowest BCUT2D eigenvalue weighted by Gasteiger charge is -2.26. The molecule has 1 amide bonds. The number of pyridine rings is 1. The SMILES string of the molecule is CC[C@H](NC(=O)C1CCCNC1)c1ccc(Cl)c(C(=O)c2cccnc2)c1F. The lowest BCUT2D eigenvalue weighted by Crippen LogP contribution is -2.41. The average Bonchev–Trinajstić information content (AvgIpc) is 2.73. The quantitative estimate of drug-likeness (QED) is 0.722. The molecule has 1 aliphatic heterocycles. The van der Waals surface area contributed by atoms with E-state index in [1.807, 2.05) is 6.92 Å². The summed E-state index contributed by atoms with van der Waals surface area (Å²) in [7, 11) is 0. The number of benzene rings is 1. The summed E-state index contributed by atoms with van der Waals surface area (Å²) in [4.78, 5) is 29.3. The van der Waals surface area contributed by atoms with Crippen LogP contribution >= 0.6 is 11.6 Å². The van der Waals surface area contributed by atoms with E-state index in [0.717, 1.165) is 19.4 Å². The monoisotopic (exact) mass is 403 g/mol. The maximum atomic E-state index is 15.3. The van der Waals surface area contributed by atoms with E-state index in [-0.39, 0.29) is 33.5 Å². The largest absolute Gasteiger partial charge is 0.349 e. The summed E-state index contributed by atoms with van der Waals surface area (Å²) in [6.07, 6.45) is 5.15. The van der Waals surface area contributed by atoms with Crippen LogP contribution in [0.5, 0.6) is 0 Å². The van der Waals surface area contributed by atoms with Crippen molar-refractivity contribution in [1.82, 2.24) is 15.6 Å². The summed E-state index contributed by atoms with van der Waals surface area (Å²) in [5, 5.41) is 6.17. The molecule has 1 aromatic heterocycles. The Hall–Kier alpha value is -2.31. The van der Waals surface area contributed by atoms with Crippen LogP contribution < -0.4 is 10.6 Å². The molecule has 2 atom stereocenters. The minimum atomic E-state index is -0.699. The van der Waals surface area contributed by atoms with E-state index in [2.05, 4.69) is 15.6 Å². The number of ketones is 1. The Balaban J connectivity index is 1.88. The Kier molecular flexibility index (Phi) is 6.75. The molecule has 1 aromatic carbocycles. The van der Waals surface area contributed by atoms with Gasteiger partial charge in [0, 0.05) is 30.1 Å². The average molecular weight is 404 g/mol. The Labute approximate surface area is 168 Å². The minimum Gasteiger partial charge on any atom is -0.349 e. The predicted octanol–water partition coefficient (Wildman–Crippen LogP) is 3.67. The van der Waals surface area contributed by atoms with Crippen molar-refractivity contribution in [2.24, 2.45) is 5.92 Å². The smallest absolute Gasteiger partial charge is 0.224 e. The molecule has 2 aromatic rings. The van der Waals surface area contributed by atoms with Gasteiger partial charge >= 0.3 is 0 Å². The fourth-order valence-corrected chi connectivity index (χ4v) is 3.68. The number of halogens is 2. The molecule has 1 unspecified atom stereocenters. The van der Waals surface area contributed by atoms with Gasteiger partial charge in [-0.15, -0.1) is 0 Å². The summed E-state index contributed by atoms with van der Waals surface area (Å²) in [6.45, 7) is 3.39. The molecule has 1 fully saturated rings. The first-order chi connectivity index (χ1) is 13.5. The van der Waals surface area contributed by atoms with Crippen molar-refractivity contribution in [3.05, 3.63) is 64.2 Å². The van der Waals surface area contributed by atoms with Crippen molar-refractivity contribution >= 4 is 23.3 Å². The molecule has 0 aliphatic carbocycles. The molecular weight excluding hydrogens is 381 g/mol. The van der Waals surface area contributed by atoms with Crippen molar-refractivity contribution in [3.63, 3.8) is 0 Å². The molecule has 7 heteroatoms. The first-order valence-electron chi connectivity index (χ1n) is 9.46. The Morgan fingerprint density at radius 2 is 2.21 bits per heavy atom. The Morgan fingerprint density at radius 3 is 2.86 bits per heavy atom. The van der Waals surface area contributed by atoms with E-state index in [9.17, 15) is 9.59 Å². The molecule has 2 N–H and O–H groups in total. The van der Waals surface area contributed by atoms with Gasteiger partial charge in [-0.05, 0) is 44.0 Å². The van der Waals surface area contributed by atoms with Gasteiger partial charge in [0.25, 0.3) is 0 Å². The highest BCUT2D eigenvalue weighted by atomic mass is 35.5. The van der Waals surface area contributed by atoms with Gasteiger partial charge < -0.3 is 10.6 Å². The number of aromatic nitrogens is 1. The van der Waals surface area contributed by atoms with E-state index in [0.29, 0.717) is 13.0 Å². The molecule has 5 nitrogen and oxygen atoms in total. The van der Waals surface area contributed by atoms with Crippen LogP contribution in [0, 0.1) is 11.7 Å². The molecule has 1 saturated heterocycles. The van der Waals surface area contributed by atoms with Crippen LogP contribution in [0.15, 0.2) is 36.7 Å². The number of carbonyl (C=O) groups is 2. The number of nitrogens with one attached hydrogen (secondary N) is 2. The second kappa shape index (κ2) is 9.26. The van der Waals surface area contributed by atoms with Crippen LogP contribution in [0.25, 0.3) is 0 Å². The van der Waals surface area contributed by atoms with Crippen LogP contribution in [-0.4, -0.2) is 29.8 Å². The maximum Gasteiger partial charge on any atom is 0.224 e. The van der Waals surface area contributed by atoms with Crippen molar-refractivity contribution in [1.29, 1.82) is 0 Å². The lowest BCUT2D eigenvalue weighted by atomic mass is 9.95. The molecule has 0 radical (unpaired) electrons. The lowest BCUT2D eigenvalue weighted by molar-refractivity contribution is -0.126. The molecule has 0 saturated carbocycles. The Morgan fingerprint density at radius 1 is 1.39 bits per heavy atom. The fourth-order valence-electron chi connectivity index (χ4n) is 3.45. The van der Waals surface area contributed by atoms with E-state index in [1.165, 1.54) is 24.5 Å². The van der Waals surface area contributed by atoms with Crippen molar-refractivity contribution in [3.8, 4) is 0 Å². The van der Waals surface area contributed by atoms with Gasteiger partial charge in [-0.3, -0.25) is 14.6 Å². The van der Waals surface area contributed by atoms with Gasteiger partial charge in [-0.1, -0.05) is 24.6 Å². The van der Waals surface area contributed by atoms with Crippen molar-refractivity contribution in [2.75, 3.05) is 13.1 Å². The fraction of sp³-hybridized carbons (Fsp3) is 0.381. The number of rotatable bonds is 6. The van der Waals surface area contributed by atoms with Gasteiger partial charge in [-0.25, -0.2) is 4.39 Å². The first-order valence-corrected chi connectivity index (χ1v) is 9.84. The van der Waals surface area contributed by atoms with Crippen molar-refractivity contribution < 1.29 is 14.0 Å². The van der Waals surface area contributed by atoms with Gasteiger partial charge in [0.1, 0.15) is 5.82 Å². The van der Waals surface area contributed by atoms with Crippen molar-refractivity contribution in [2.45, 2.75) is 32.2 Å². The van der Waals surface area contributed by atoms with E-state index in [1.54, 1.807) is 12.1 Å². The molecular formula is C21H23ClFN3O2. The number of hydrogen-bond acceptors (Lipinski definition) is 4. The van der Waals surface area contributed by atoms with Crippen LogP contribution in [0.4, 0.5) is 4.39 Å². The number of amides is 1. The molecule has 2 heterocycles. The highest BCUT2D eigenvalue weighted by Gasteiger charge is 2.27. The summed E-state index contributed by atoms with van der Waals surface area (Å²) >= 11 is 6.14. The topological polar surface area (TPSA) is 71.1 Å². The van der Waals surface area contributed by atoms with Gasteiger partial charge in [0.2, 0.25) is 5.91 Å². The normalized spacial score (nSPS) is 17.8. The summed E-state index contributed by atoms with van der Waals surface area (Å²) < 4.78 is 15.3. The van der Waals surface area contributed by atoms with Crippen LogP contribution in [0.3, 0.4) is 0 Å². The van der Waals surface area contributed by atoms with E-state index >= 15 is 4.39 Å². The molecule has 3 rings (SSSR count). The molecule has 0 spiro atoms. The minimum absolute atomic E-state index is 0.0350. The first kappa shape index (κ1) is 20.4. The van der Waals surface area contributed by atoms with Crippen LogP contribution in [-0.2, 0) is 4.79 Å². The standard InChI is InChI=1S/C21H23ClFN3O2/c1-2-17(26-21(28)14-6-4-10-25-12-14)15-7-8-16(22)18(19(15)23)20(27)13-5-3-9-24-11-13/h3,5,7-9,11,14,17,25H,2,4,6,10,12H2,1H3,(H,26,28)/t14?,17-/m0/s1. The van der Waals surface area contributed by atoms with E-state index < -0.39 is 17.6 Å². The molecule has 28 heavy (non-hydrogen) atoms. The molecule has 0 bridgehead atoms.